The van der Waals surface area contributed by atoms with Crippen LogP contribution in [-0.2, 0) is 20.7 Å². The Morgan fingerprint density at radius 2 is 2.23 bits per heavy atom. The minimum Gasteiger partial charge on any atom is -0.494 e. The molecule has 0 saturated carbocycles. The third kappa shape index (κ3) is 5.53. The standard InChI is InChI=1S/C15H18FNO5/c1-3-6-22-9-12(15(19)20)17-14(18)8-10-4-5-13(21-2)11(16)7-10/h3-5,7,12H,1,6,8-9H2,2H3,(H,17,18)(H,19,20). The fourth-order valence-electron chi connectivity index (χ4n) is 1.69. The second kappa shape index (κ2) is 8.78. The molecule has 1 amide bonds. The van der Waals surface area contributed by atoms with Gasteiger partial charge >= 0.3 is 5.97 Å². The molecule has 0 aromatic heterocycles. The maximum atomic E-state index is 13.5. The molecule has 2 N–H and O–H groups in total. The van der Waals surface area contributed by atoms with Crippen molar-refractivity contribution in [3.63, 3.8) is 0 Å². The van der Waals surface area contributed by atoms with Crippen LogP contribution in [0.2, 0.25) is 0 Å². The van der Waals surface area contributed by atoms with Crippen molar-refractivity contribution in [3.8, 4) is 5.75 Å². The van der Waals surface area contributed by atoms with E-state index in [-0.39, 0.29) is 25.4 Å². The largest absolute Gasteiger partial charge is 0.494 e. The van der Waals surface area contributed by atoms with E-state index < -0.39 is 23.7 Å². The number of amides is 1. The number of nitrogens with one attached hydrogen (secondary N) is 1. The molecule has 6 nitrogen and oxygen atoms in total. The molecule has 1 atom stereocenters. The van der Waals surface area contributed by atoms with Gasteiger partial charge in [-0.25, -0.2) is 9.18 Å². The van der Waals surface area contributed by atoms with Gasteiger partial charge in [-0.15, -0.1) is 6.58 Å². The Morgan fingerprint density at radius 1 is 1.50 bits per heavy atom. The molecule has 1 aromatic rings. The van der Waals surface area contributed by atoms with Crippen LogP contribution in [0.15, 0.2) is 30.9 Å². The fourth-order valence-corrected chi connectivity index (χ4v) is 1.69. The number of rotatable bonds is 9. The van der Waals surface area contributed by atoms with Gasteiger partial charge in [0.1, 0.15) is 0 Å². The summed E-state index contributed by atoms with van der Waals surface area (Å²) in [4.78, 5) is 22.8. The number of aliphatic carboxylic acids is 1. The van der Waals surface area contributed by atoms with E-state index in [1.807, 2.05) is 0 Å². The van der Waals surface area contributed by atoms with Gasteiger partial charge in [-0.3, -0.25) is 4.79 Å². The summed E-state index contributed by atoms with van der Waals surface area (Å²) in [6, 6.07) is 2.93. The van der Waals surface area contributed by atoms with Crippen LogP contribution in [0.4, 0.5) is 4.39 Å². The summed E-state index contributed by atoms with van der Waals surface area (Å²) in [7, 11) is 1.34. The van der Waals surface area contributed by atoms with Gasteiger partial charge in [0.15, 0.2) is 17.6 Å². The van der Waals surface area contributed by atoms with Gasteiger partial charge < -0.3 is 19.9 Å². The van der Waals surface area contributed by atoms with E-state index in [0.717, 1.165) is 0 Å². The highest BCUT2D eigenvalue weighted by Gasteiger charge is 2.20. The molecule has 1 aromatic carbocycles. The van der Waals surface area contributed by atoms with Gasteiger partial charge in [-0.2, -0.15) is 0 Å². The minimum atomic E-state index is -1.21. The first-order valence-corrected chi connectivity index (χ1v) is 6.51. The van der Waals surface area contributed by atoms with Gasteiger partial charge in [-0.1, -0.05) is 12.1 Å². The topological polar surface area (TPSA) is 84.9 Å². The lowest BCUT2D eigenvalue weighted by atomic mass is 10.1. The Bertz CT molecular complexity index is 547. The Balaban J connectivity index is 2.61. The van der Waals surface area contributed by atoms with Gasteiger partial charge in [0, 0.05) is 0 Å². The van der Waals surface area contributed by atoms with Crippen molar-refractivity contribution < 1.29 is 28.6 Å². The van der Waals surface area contributed by atoms with Gasteiger partial charge in [0.25, 0.3) is 0 Å². The number of carbonyl (C=O) groups is 2. The molecule has 22 heavy (non-hydrogen) atoms. The zero-order valence-corrected chi connectivity index (χ0v) is 12.2. The molecular weight excluding hydrogens is 293 g/mol. The van der Waals surface area contributed by atoms with Crippen LogP contribution in [0.3, 0.4) is 0 Å². The molecule has 0 saturated heterocycles. The Hall–Kier alpha value is -2.41. The number of carboxylic acids is 1. The number of halogens is 1. The summed E-state index contributed by atoms with van der Waals surface area (Å²) >= 11 is 0. The third-order valence-corrected chi connectivity index (χ3v) is 2.73. The first-order valence-electron chi connectivity index (χ1n) is 6.51. The molecule has 0 bridgehead atoms. The van der Waals surface area contributed by atoms with E-state index in [4.69, 9.17) is 14.6 Å². The second-order valence-corrected chi connectivity index (χ2v) is 4.43. The van der Waals surface area contributed by atoms with Crippen molar-refractivity contribution >= 4 is 11.9 Å². The lowest BCUT2D eigenvalue weighted by Crippen LogP contribution is -2.44. The summed E-state index contributed by atoms with van der Waals surface area (Å²) in [6.07, 6.45) is 1.33. The number of hydrogen-bond acceptors (Lipinski definition) is 4. The average Bonchev–Trinajstić information content (AvgIpc) is 2.46. The number of ether oxygens (including phenoxy) is 2. The van der Waals surface area contributed by atoms with Crippen molar-refractivity contribution in [3.05, 3.63) is 42.2 Å². The quantitative estimate of drug-likeness (QED) is 0.528. The highest BCUT2D eigenvalue weighted by atomic mass is 19.1. The maximum Gasteiger partial charge on any atom is 0.328 e. The van der Waals surface area contributed by atoms with Crippen molar-refractivity contribution in [2.24, 2.45) is 0 Å². The van der Waals surface area contributed by atoms with Crippen LogP contribution < -0.4 is 10.1 Å². The van der Waals surface area contributed by atoms with E-state index in [1.54, 1.807) is 0 Å². The van der Waals surface area contributed by atoms with Crippen molar-refractivity contribution in [1.29, 1.82) is 0 Å². The van der Waals surface area contributed by atoms with Crippen molar-refractivity contribution in [2.75, 3.05) is 20.3 Å². The Labute approximate surface area is 127 Å². The second-order valence-electron chi connectivity index (χ2n) is 4.43. The molecular formula is C15H18FNO5. The van der Waals surface area contributed by atoms with Crippen LogP contribution in [-0.4, -0.2) is 43.3 Å². The number of methoxy groups -OCH3 is 1. The summed E-state index contributed by atoms with van der Waals surface area (Å²) in [5, 5.41) is 11.3. The van der Waals surface area contributed by atoms with E-state index in [0.29, 0.717) is 5.56 Å². The third-order valence-electron chi connectivity index (χ3n) is 2.73. The molecule has 0 aliphatic carbocycles. The Kier molecular flexibility index (Phi) is 7.04. The molecule has 0 spiro atoms. The van der Waals surface area contributed by atoms with E-state index in [2.05, 4.69) is 11.9 Å². The zero-order valence-electron chi connectivity index (χ0n) is 12.2. The fraction of sp³-hybridized carbons (Fsp3) is 0.333. The van der Waals surface area contributed by atoms with Crippen LogP contribution in [0.1, 0.15) is 5.56 Å². The molecule has 0 aliphatic heterocycles. The lowest BCUT2D eigenvalue weighted by Gasteiger charge is -2.14. The number of carbonyl (C=O) groups excluding carboxylic acids is 1. The summed E-state index contributed by atoms with van der Waals surface area (Å²) < 4.78 is 23.3. The molecule has 1 rings (SSSR count). The highest BCUT2D eigenvalue weighted by Crippen LogP contribution is 2.17. The predicted octanol–water partition coefficient (Wildman–Crippen LogP) is 1.15. The summed E-state index contributed by atoms with van der Waals surface area (Å²) in [6.45, 7) is 3.44. The first kappa shape index (κ1) is 17.6. The summed E-state index contributed by atoms with van der Waals surface area (Å²) in [5.41, 5.74) is 0.409. The molecule has 0 heterocycles. The van der Waals surface area contributed by atoms with E-state index in [9.17, 15) is 14.0 Å². The van der Waals surface area contributed by atoms with Crippen LogP contribution in [0, 0.1) is 5.82 Å². The minimum absolute atomic E-state index is 0.0744. The average molecular weight is 311 g/mol. The highest BCUT2D eigenvalue weighted by molar-refractivity contribution is 5.84. The summed E-state index contributed by atoms with van der Waals surface area (Å²) in [5.74, 6) is -2.26. The van der Waals surface area contributed by atoms with Gasteiger partial charge in [0.2, 0.25) is 5.91 Å². The molecule has 7 heteroatoms. The molecule has 120 valence electrons. The van der Waals surface area contributed by atoms with Crippen LogP contribution >= 0.6 is 0 Å². The normalized spacial score (nSPS) is 11.5. The predicted molar refractivity (Wildman–Crippen MR) is 77.2 cm³/mol. The molecule has 1 unspecified atom stereocenters. The number of hydrogen-bond donors (Lipinski definition) is 2. The van der Waals surface area contributed by atoms with Crippen LogP contribution in [0.25, 0.3) is 0 Å². The van der Waals surface area contributed by atoms with E-state index in [1.165, 1.54) is 31.4 Å². The zero-order chi connectivity index (χ0) is 16.5. The first-order chi connectivity index (χ1) is 10.5. The molecule has 0 fully saturated rings. The Morgan fingerprint density at radius 3 is 2.77 bits per heavy atom. The molecule has 0 radical (unpaired) electrons. The number of carboxylic acid groups (broad SMARTS) is 1. The SMILES string of the molecule is C=CCOCC(NC(=O)Cc1ccc(OC)c(F)c1)C(=O)O. The van der Waals surface area contributed by atoms with Gasteiger partial charge in [0.05, 0.1) is 26.7 Å². The molecule has 0 aliphatic rings. The van der Waals surface area contributed by atoms with Crippen LogP contribution in [0.5, 0.6) is 5.75 Å². The monoisotopic (exact) mass is 311 g/mol. The smallest absolute Gasteiger partial charge is 0.328 e. The van der Waals surface area contributed by atoms with Gasteiger partial charge in [-0.05, 0) is 17.7 Å². The van der Waals surface area contributed by atoms with Crippen molar-refractivity contribution in [1.82, 2.24) is 5.32 Å². The van der Waals surface area contributed by atoms with E-state index >= 15 is 0 Å². The maximum absolute atomic E-state index is 13.5. The lowest BCUT2D eigenvalue weighted by molar-refractivity contribution is -0.143. The van der Waals surface area contributed by atoms with Crippen molar-refractivity contribution in [2.45, 2.75) is 12.5 Å². The number of benzene rings is 1.